The van der Waals surface area contributed by atoms with Gasteiger partial charge in [-0.1, -0.05) is 13.8 Å². The van der Waals surface area contributed by atoms with Gasteiger partial charge in [0.15, 0.2) is 0 Å². The maximum absolute atomic E-state index is 11.2. The second-order valence-electron chi connectivity index (χ2n) is 9.37. The average Bonchev–Trinajstić information content (AvgIpc) is 3.39. The first-order chi connectivity index (χ1) is 14.4. The number of pyridine rings is 1. The maximum atomic E-state index is 11.2. The van der Waals surface area contributed by atoms with Crippen molar-refractivity contribution >= 4 is 21.6 Å². The number of likely N-dealkylation sites (tertiary alicyclic amines) is 1. The predicted octanol–water partition coefficient (Wildman–Crippen LogP) is 4.71. The van der Waals surface area contributed by atoms with Crippen LogP contribution in [0.1, 0.15) is 60.7 Å². The molecule has 0 aliphatic carbocycles. The van der Waals surface area contributed by atoms with Gasteiger partial charge in [0.05, 0.1) is 20.8 Å². The number of hydrogen-bond acceptors (Lipinski definition) is 5. The van der Waals surface area contributed by atoms with Crippen LogP contribution in [0.3, 0.4) is 0 Å². The third kappa shape index (κ3) is 3.50. The van der Waals surface area contributed by atoms with Crippen molar-refractivity contribution in [2.45, 2.75) is 58.7 Å². The third-order valence-electron chi connectivity index (χ3n) is 6.78. The van der Waals surface area contributed by atoms with Gasteiger partial charge in [-0.25, -0.2) is 0 Å². The number of nitrogens with zero attached hydrogens (tertiary/aromatic N) is 2. The molecule has 0 amide bonds. The monoisotopic (exact) mass is 424 g/mol. The molecule has 2 fully saturated rings. The molecule has 3 N–H and O–H groups in total. The summed E-state index contributed by atoms with van der Waals surface area (Å²) in [7, 11) is 0. The van der Waals surface area contributed by atoms with E-state index in [9.17, 15) is 5.11 Å². The minimum atomic E-state index is -0.520. The number of fused-ring (bicyclic) bond motifs is 2. The van der Waals surface area contributed by atoms with Gasteiger partial charge in [0.1, 0.15) is 6.23 Å². The fourth-order valence-electron chi connectivity index (χ4n) is 5.36. The van der Waals surface area contributed by atoms with Crippen molar-refractivity contribution in [3.8, 4) is 11.3 Å². The van der Waals surface area contributed by atoms with Gasteiger partial charge in [0.2, 0.25) is 0 Å². The number of aliphatic hydroxyl groups excluding tert-OH is 1. The average molecular weight is 425 g/mol. The van der Waals surface area contributed by atoms with Crippen molar-refractivity contribution in [3.05, 3.63) is 40.0 Å². The summed E-state index contributed by atoms with van der Waals surface area (Å²) in [6.07, 6.45) is 1.94. The van der Waals surface area contributed by atoms with E-state index < -0.39 is 6.23 Å². The Labute approximate surface area is 182 Å². The summed E-state index contributed by atoms with van der Waals surface area (Å²) in [5, 5.41) is 14.8. The second kappa shape index (κ2) is 7.75. The fraction of sp³-hybridized carbons (Fsp3) is 0.542. The molecule has 5 heterocycles. The summed E-state index contributed by atoms with van der Waals surface area (Å²) in [5.41, 5.74) is 6.94. The van der Waals surface area contributed by atoms with Gasteiger partial charge in [-0.2, -0.15) is 0 Å². The van der Waals surface area contributed by atoms with E-state index in [-0.39, 0.29) is 0 Å². The first-order valence-corrected chi connectivity index (χ1v) is 12.0. The number of thiophene rings is 1. The van der Waals surface area contributed by atoms with E-state index in [0.29, 0.717) is 12.0 Å². The number of rotatable bonds is 4. The first kappa shape index (κ1) is 20.2. The normalized spacial score (nSPS) is 23.4. The van der Waals surface area contributed by atoms with E-state index in [0.717, 1.165) is 47.3 Å². The number of nitrogens with one attached hydrogen (secondary N) is 2. The van der Waals surface area contributed by atoms with Gasteiger partial charge in [-0.05, 0) is 68.8 Å². The van der Waals surface area contributed by atoms with Crippen LogP contribution < -0.4 is 5.32 Å². The lowest BCUT2D eigenvalue weighted by Crippen LogP contribution is -2.47. The Morgan fingerprint density at radius 2 is 1.93 bits per heavy atom. The van der Waals surface area contributed by atoms with Gasteiger partial charge in [0, 0.05) is 36.1 Å². The minimum Gasteiger partial charge on any atom is -0.373 e. The van der Waals surface area contributed by atoms with Crippen LogP contribution in [-0.2, 0) is 0 Å². The number of aromatic amines is 1. The Morgan fingerprint density at radius 1 is 1.17 bits per heavy atom. The topological polar surface area (TPSA) is 64.2 Å². The fourth-order valence-corrected chi connectivity index (χ4v) is 6.70. The molecule has 0 spiro atoms. The number of hydrogen-bond donors (Lipinski definition) is 3. The van der Waals surface area contributed by atoms with E-state index in [4.69, 9.17) is 0 Å². The maximum Gasteiger partial charge on any atom is 0.142 e. The Bertz CT molecular complexity index is 1050. The van der Waals surface area contributed by atoms with Crippen molar-refractivity contribution in [1.29, 1.82) is 0 Å². The largest absolute Gasteiger partial charge is 0.373 e. The molecule has 3 atom stereocenters. The van der Waals surface area contributed by atoms with Gasteiger partial charge < -0.3 is 15.4 Å². The highest BCUT2D eigenvalue weighted by atomic mass is 32.1. The number of aryl methyl sites for hydroxylation is 2. The van der Waals surface area contributed by atoms with Crippen LogP contribution in [0.25, 0.3) is 21.5 Å². The molecular weight excluding hydrogens is 392 g/mol. The highest BCUT2D eigenvalue weighted by molar-refractivity contribution is 7.19. The second-order valence-corrected chi connectivity index (χ2v) is 10.4. The summed E-state index contributed by atoms with van der Waals surface area (Å²) < 4.78 is 1.27. The van der Waals surface area contributed by atoms with E-state index in [1.807, 2.05) is 13.8 Å². The highest BCUT2D eigenvalue weighted by Crippen LogP contribution is 2.42. The lowest BCUT2D eigenvalue weighted by molar-refractivity contribution is -0.0215. The highest BCUT2D eigenvalue weighted by Gasteiger charge is 2.35. The predicted molar refractivity (Wildman–Crippen MR) is 124 cm³/mol. The van der Waals surface area contributed by atoms with Gasteiger partial charge in [-0.3, -0.25) is 9.88 Å². The van der Waals surface area contributed by atoms with Crippen molar-refractivity contribution in [2.24, 2.45) is 5.92 Å². The summed E-state index contributed by atoms with van der Waals surface area (Å²) in [6, 6.07) is 7.01. The molecular formula is C24H32N4OS. The van der Waals surface area contributed by atoms with Crippen LogP contribution in [0.4, 0.5) is 0 Å². The molecule has 2 unspecified atom stereocenters. The molecule has 2 aliphatic heterocycles. The summed E-state index contributed by atoms with van der Waals surface area (Å²) >= 11 is 1.74. The van der Waals surface area contributed by atoms with Crippen molar-refractivity contribution in [1.82, 2.24) is 20.2 Å². The van der Waals surface area contributed by atoms with Crippen LogP contribution in [-0.4, -0.2) is 45.7 Å². The molecule has 0 aromatic carbocycles. The molecule has 3 aromatic rings. The number of aromatic nitrogens is 2. The van der Waals surface area contributed by atoms with E-state index >= 15 is 0 Å². The van der Waals surface area contributed by atoms with Gasteiger partial charge in [0.25, 0.3) is 0 Å². The van der Waals surface area contributed by atoms with Crippen LogP contribution in [0.15, 0.2) is 18.2 Å². The van der Waals surface area contributed by atoms with Crippen LogP contribution in [0.5, 0.6) is 0 Å². The molecule has 2 saturated heterocycles. The van der Waals surface area contributed by atoms with E-state index in [2.05, 4.69) is 52.2 Å². The van der Waals surface area contributed by atoms with E-state index in [1.165, 1.54) is 34.4 Å². The standard InChI is InChI=1S/C24H32N4OS/c1-13(2)21-22(17-9-14(3)26-15(4)10-17)27-18-11-20(30-23(18)21)24(29)28-8-6-16-5-7-25-19(16)12-28/h9-11,13,16,19,24-25,27,29H,5-8,12H2,1-4H3/t16?,19?,24-/m1/s1. The summed E-state index contributed by atoms with van der Waals surface area (Å²) in [6.45, 7) is 11.6. The van der Waals surface area contributed by atoms with Crippen molar-refractivity contribution < 1.29 is 5.11 Å². The zero-order valence-electron chi connectivity index (χ0n) is 18.3. The Hall–Kier alpha value is -1.73. The van der Waals surface area contributed by atoms with Crippen molar-refractivity contribution in [2.75, 3.05) is 19.6 Å². The lowest BCUT2D eigenvalue weighted by Gasteiger charge is -2.37. The van der Waals surface area contributed by atoms with Crippen LogP contribution >= 0.6 is 11.3 Å². The Kier molecular flexibility index (Phi) is 5.22. The zero-order chi connectivity index (χ0) is 21.0. The molecule has 6 heteroatoms. The molecule has 0 radical (unpaired) electrons. The molecule has 0 saturated carbocycles. The first-order valence-electron chi connectivity index (χ1n) is 11.2. The molecule has 0 bridgehead atoms. The van der Waals surface area contributed by atoms with Crippen LogP contribution in [0.2, 0.25) is 0 Å². The van der Waals surface area contributed by atoms with Gasteiger partial charge >= 0.3 is 0 Å². The lowest BCUT2D eigenvalue weighted by atomic mass is 9.92. The Morgan fingerprint density at radius 3 is 2.67 bits per heavy atom. The molecule has 30 heavy (non-hydrogen) atoms. The zero-order valence-corrected chi connectivity index (χ0v) is 19.1. The summed E-state index contributed by atoms with van der Waals surface area (Å²) in [5.74, 6) is 1.18. The van der Waals surface area contributed by atoms with Gasteiger partial charge in [-0.15, -0.1) is 11.3 Å². The molecule has 2 aliphatic rings. The quantitative estimate of drug-likeness (QED) is 0.568. The number of aliphatic hydroxyl groups is 1. The molecule has 5 nitrogen and oxygen atoms in total. The molecule has 3 aromatic heterocycles. The number of piperidine rings is 1. The summed E-state index contributed by atoms with van der Waals surface area (Å²) in [4.78, 5) is 11.5. The van der Waals surface area contributed by atoms with Crippen LogP contribution in [0, 0.1) is 19.8 Å². The SMILES string of the molecule is Cc1cc(-c2[nH]c3cc([C@@H](O)N4CCC5CCNC5C4)sc3c2C(C)C)cc(C)n1. The molecule has 160 valence electrons. The van der Waals surface area contributed by atoms with Crippen molar-refractivity contribution in [3.63, 3.8) is 0 Å². The number of H-pyrrole nitrogens is 1. The minimum absolute atomic E-state index is 0.393. The third-order valence-corrected chi connectivity index (χ3v) is 7.99. The smallest absolute Gasteiger partial charge is 0.142 e. The van der Waals surface area contributed by atoms with E-state index in [1.54, 1.807) is 11.3 Å². The Balaban J connectivity index is 1.49. The molecule has 5 rings (SSSR count).